The minimum absolute atomic E-state index is 0.497. The second-order valence-electron chi connectivity index (χ2n) is 7.05. The highest BCUT2D eigenvalue weighted by Crippen LogP contribution is 2.26. The molecule has 1 aromatic heterocycles. The summed E-state index contributed by atoms with van der Waals surface area (Å²) in [5.41, 5.74) is 4.29. The number of ether oxygens (including phenoxy) is 2. The lowest BCUT2D eigenvalue weighted by atomic mass is 10.1. The number of pyridine rings is 1. The number of morpholine rings is 1. The molecule has 0 bridgehead atoms. The summed E-state index contributed by atoms with van der Waals surface area (Å²) in [6.07, 6.45) is 1.90. The van der Waals surface area contributed by atoms with Crippen LogP contribution in [-0.4, -0.2) is 37.5 Å². The first kappa shape index (κ1) is 19.2. The maximum Gasteiger partial charge on any atom is 0.221 e. The predicted molar refractivity (Wildman–Crippen MR) is 116 cm³/mol. The fraction of sp³-hybridized carbons (Fsp3) is 0.250. The van der Waals surface area contributed by atoms with E-state index in [1.54, 1.807) is 0 Å². The lowest BCUT2D eigenvalue weighted by Gasteiger charge is -2.29. The van der Waals surface area contributed by atoms with Gasteiger partial charge in [-0.2, -0.15) is 0 Å². The molecule has 4 rings (SSSR count). The van der Waals surface area contributed by atoms with Gasteiger partial charge in [-0.05, 0) is 30.7 Å². The van der Waals surface area contributed by atoms with Crippen LogP contribution < -0.4 is 9.64 Å². The van der Waals surface area contributed by atoms with Crippen LogP contribution in [0.3, 0.4) is 0 Å². The summed E-state index contributed by atoms with van der Waals surface area (Å²) in [6, 6.07) is 22.1. The molecule has 5 nitrogen and oxygen atoms in total. The van der Waals surface area contributed by atoms with Gasteiger partial charge in [-0.15, -0.1) is 0 Å². The van der Waals surface area contributed by atoms with Gasteiger partial charge in [0, 0.05) is 31.1 Å². The summed E-state index contributed by atoms with van der Waals surface area (Å²) >= 11 is 0. The molecule has 3 aromatic rings. The van der Waals surface area contributed by atoms with Gasteiger partial charge in [0.2, 0.25) is 5.88 Å². The second-order valence-corrected chi connectivity index (χ2v) is 7.05. The van der Waals surface area contributed by atoms with Crippen molar-refractivity contribution >= 4 is 11.9 Å². The molecule has 148 valence electrons. The summed E-state index contributed by atoms with van der Waals surface area (Å²) < 4.78 is 11.5. The normalized spacial score (nSPS) is 14.3. The number of rotatable bonds is 6. The molecule has 1 fully saturated rings. The first-order chi connectivity index (χ1) is 14.3. The molecule has 1 aliphatic rings. The fourth-order valence-corrected chi connectivity index (χ4v) is 3.29. The topological polar surface area (TPSA) is 47.0 Å². The van der Waals surface area contributed by atoms with Gasteiger partial charge in [0.15, 0.2) is 0 Å². The molecular formula is C24H25N3O2. The Hall–Kier alpha value is -3.18. The molecule has 1 aliphatic heterocycles. The van der Waals surface area contributed by atoms with Gasteiger partial charge in [-0.25, -0.2) is 4.98 Å². The highest BCUT2D eigenvalue weighted by Gasteiger charge is 2.14. The first-order valence-electron chi connectivity index (χ1n) is 9.89. The van der Waals surface area contributed by atoms with Gasteiger partial charge in [0.25, 0.3) is 0 Å². The molecule has 5 heteroatoms. The summed E-state index contributed by atoms with van der Waals surface area (Å²) in [5, 5.41) is 0. The Balaban J connectivity index is 1.56. The van der Waals surface area contributed by atoms with Crippen molar-refractivity contribution in [3.63, 3.8) is 0 Å². The van der Waals surface area contributed by atoms with Crippen molar-refractivity contribution in [3.05, 3.63) is 83.6 Å². The lowest BCUT2D eigenvalue weighted by Crippen LogP contribution is -2.36. The van der Waals surface area contributed by atoms with Crippen LogP contribution in [0.1, 0.15) is 16.8 Å². The number of hydrogen-bond acceptors (Lipinski definition) is 5. The van der Waals surface area contributed by atoms with Crippen LogP contribution >= 0.6 is 0 Å². The number of benzene rings is 2. The molecule has 2 aromatic carbocycles. The predicted octanol–water partition coefficient (Wildman–Crippen LogP) is 4.64. The van der Waals surface area contributed by atoms with Crippen molar-refractivity contribution in [1.82, 2.24) is 4.98 Å². The Morgan fingerprint density at radius 1 is 1.03 bits per heavy atom. The van der Waals surface area contributed by atoms with E-state index in [4.69, 9.17) is 9.47 Å². The third kappa shape index (κ3) is 5.42. The minimum Gasteiger partial charge on any atom is -0.439 e. The fourth-order valence-electron chi connectivity index (χ4n) is 3.29. The average molecular weight is 387 g/mol. The van der Waals surface area contributed by atoms with Crippen molar-refractivity contribution in [2.45, 2.75) is 13.5 Å². The average Bonchev–Trinajstić information content (AvgIpc) is 2.75. The SMILES string of the molecule is Cc1cccc(C=NCc2cc(N3CCOCC3)cc(Oc3ccccc3)n2)c1. The van der Waals surface area contributed by atoms with Gasteiger partial charge >= 0.3 is 0 Å². The number of nitrogens with zero attached hydrogens (tertiary/aromatic N) is 3. The van der Waals surface area contributed by atoms with E-state index >= 15 is 0 Å². The first-order valence-corrected chi connectivity index (χ1v) is 9.89. The third-order valence-electron chi connectivity index (χ3n) is 4.72. The number of hydrogen-bond donors (Lipinski definition) is 0. The Morgan fingerprint density at radius 3 is 2.66 bits per heavy atom. The number of aryl methyl sites for hydroxylation is 1. The monoisotopic (exact) mass is 387 g/mol. The molecule has 0 atom stereocenters. The van der Waals surface area contributed by atoms with Crippen LogP contribution in [0, 0.1) is 6.92 Å². The van der Waals surface area contributed by atoms with Gasteiger partial charge < -0.3 is 14.4 Å². The molecule has 0 spiro atoms. The second kappa shape index (κ2) is 9.34. The van der Waals surface area contributed by atoms with E-state index in [0.717, 1.165) is 49.0 Å². The van der Waals surface area contributed by atoms with Crippen LogP contribution in [0.15, 0.2) is 71.7 Å². The Bertz CT molecular complexity index is 967. The molecule has 0 amide bonds. The summed E-state index contributed by atoms with van der Waals surface area (Å²) in [7, 11) is 0. The number of aliphatic imine (C=N–C) groups is 1. The molecule has 0 radical (unpaired) electrons. The van der Waals surface area contributed by atoms with Crippen LogP contribution in [0.5, 0.6) is 11.6 Å². The minimum atomic E-state index is 0.497. The number of para-hydroxylation sites is 1. The van der Waals surface area contributed by atoms with Crippen molar-refractivity contribution < 1.29 is 9.47 Å². The number of aromatic nitrogens is 1. The molecule has 0 unspecified atom stereocenters. The Labute approximate surface area is 171 Å². The van der Waals surface area contributed by atoms with Gasteiger partial charge in [-0.1, -0.05) is 48.0 Å². The zero-order valence-corrected chi connectivity index (χ0v) is 16.6. The summed E-state index contributed by atoms with van der Waals surface area (Å²) in [6.45, 7) is 5.77. The smallest absolute Gasteiger partial charge is 0.221 e. The van der Waals surface area contributed by atoms with Gasteiger partial charge in [-0.3, -0.25) is 4.99 Å². The zero-order chi connectivity index (χ0) is 19.9. The molecule has 29 heavy (non-hydrogen) atoms. The molecule has 2 heterocycles. The van der Waals surface area contributed by atoms with Crippen molar-refractivity contribution in [2.75, 3.05) is 31.2 Å². The number of anilines is 1. The maximum absolute atomic E-state index is 6.01. The molecular weight excluding hydrogens is 362 g/mol. The quantitative estimate of drug-likeness (QED) is 0.578. The van der Waals surface area contributed by atoms with E-state index in [9.17, 15) is 0 Å². The maximum atomic E-state index is 6.01. The lowest BCUT2D eigenvalue weighted by molar-refractivity contribution is 0.122. The van der Waals surface area contributed by atoms with Crippen molar-refractivity contribution in [1.29, 1.82) is 0 Å². The molecule has 0 N–H and O–H groups in total. The van der Waals surface area contributed by atoms with Crippen molar-refractivity contribution in [2.24, 2.45) is 4.99 Å². The third-order valence-corrected chi connectivity index (χ3v) is 4.72. The van der Waals surface area contributed by atoms with Crippen LogP contribution in [-0.2, 0) is 11.3 Å². The van der Waals surface area contributed by atoms with Crippen LogP contribution in [0.25, 0.3) is 0 Å². The highest BCUT2D eigenvalue weighted by molar-refractivity contribution is 5.79. The highest BCUT2D eigenvalue weighted by atomic mass is 16.5. The van der Waals surface area contributed by atoms with Gasteiger partial charge in [0.1, 0.15) is 5.75 Å². The van der Waals surface area contributed by atoms with E-state index in [1.807, 2.05) is 48.7 Å². The summed E-state index contributed by atoms with van der Waals surface area (Å²) in [5.74, 6) is 1.36. The van der Waals surface area contributed by atoms with E-state index < -0.39 is 0 Å². The van der Waals surface area contributed by atoms with Crippen LogP contribution in [0.4, 0.5) is 5.69 Å². The standard InChI is InChI=1S/C24H25N3O2/c1-19-6-5-7-20(14-19)17-25-18-21-15-22(27-10-12-28-13-11-27)16-24(26-21)29-23-8-3-2-4-9-23/h2-9,14-17H,10-13,18H2,1H3. The van der Waals surface area contributed by atoms with Gasteiger partial charge in [0.05, 0.1) is 25.5 Å². The zero-order valence-electron chi connectivity index (χ0n) is 16.6. The molecule has 0 aliphatic carbocycles. The van der Waals surface area contributed by atoms with E-state index in [1.165, 1.54) is 5.56 Å². The summed E-state index contributed by atoms with van der Waals surface area (Å²) in [4.78, 5) is 11.6. The van der Waals surface area contributed by atoms with Crippen molar-refractivity contribution in [3.8, 4) is 11.6 Å². The molecule has 1 saturated heterocycles. The van der Waals surface area contributed by atoms with E-state index in [-0.39, 0.29) is 0 Å². The molecule has 0 saturated carbocycles. The Kier molecular flexibility index (Phi) is 6.17. The van der Waals surface area contributed by atoms with E-state index in [2.05, 4.69) is 46.1 Å². The Morgan fingerprint density at radius 2 is 1.86 bits per heavy atom. The van der Waals surface area contributed by atoms with Crippen LogP contribution in [0.2, 0.25) is 0 Å². The van der Waals surface area contributed by atoms with E-state index in [0.29, 0.717) is 12.4 Å². The largest absolute Gasteiger partial charge is 0.439 e.